The maximum atomic E-state index is 5.53. The minimum atomic E-state index is 0.569. The molecule has 1 unspecified atom stereocenters. The highest BCUT2D eigenvalue weighted by molar-refractivity contribution is 5.60. The summed E-state index contributed by atoms with van der Waals surface area (Å²) in [6.45, 7) is 11.3. The van der Waals surface area contributed by atoms with Gasteiger partial charge >= 0.3 is 0 Å². The van der Waals surface area contributed by atoms with E-state index in [1.165, 1.54) is 49.2 Å². The summed E-state index contributed by atoms with van der Waals surface area (Å²) in [6, 6.07) is 5.56. The van der Waals surface area contributed by atoms with Crippen LogP contribution in [0.1, 0.15) is 44.2 Å². The number of aryl methyl sites for hydroxylation is 1. The van der Waals surface area contributed by atoms with Crippen molar-refractivity contribution in [2.24, 2.45) is 0 Å². The minimum Gasteiger partial charge on any atom is -0.496 e. The molecule has 2 rings (SSSR count). The molecule has 0 aromatic heterocycles. The zero-order chi connectivity index (χ0) is 15.4. The fourth-order valence-corrected chi connectivity index (χ4v) is 3.30. The third-order valence-corrected chi connectivity index (χ3v) is 4.66. The van der Waals surface area contributed by atoms with Gasteiger partial charge in [0.05, 0.1) is 7.11 Å². The second-order valence-electron chi connectivity index (χ2n) is 6.49. The Morgan fingerprint density at radius 3 is 2.62 bits per heavy atom. The van der Waals surface area contributed by atoms with Gasteiger partial charge in [0.15, 0.2) is 0 Å². The van der Waals surface area contributed by atoms with E-state index in [1.54, 1.807) is 7.11 Å². The van der Waals surface area contributed by atoms with Gasteiger partial charge < -0.3 is 15.0 Å². The molecule has 1 atom stereocenters. The van der Waals surface area contributed by atoms with Crippen LogP contribution < -0.4 is 10.1 Å². The zero-order valence-corrected chi connectivity index (χ0v) is 14.2. The van der Waals surface area contributed by atoms with Crippen molar-refractivity contribution in [1.82, 2.24) is 4.90 Å². The van der Waals surface area contributed by atoms with Crippen molar-refractivity contribution in [3.8, 4) is 5.75 Å². The van der Waals surface area contributed by atoms with Gasteiger partial charge in [0, 0.05) is 29.9 Å². The van der Waals surface area contributed by atoms with Gasteiger partial charge in [0.2, 0.25) is 0 Å². The van der Waals surface area contributed by atoms with E-state index in [9.17, 15) is 0 Å². The standard InChI is InChI=1S/C18H30N2O/c1-13(2)20-11-6-7-16(10-12-20)19-17-9-8-14(3)18(21-5)15(17)4/h8-9,13,16,19H,6-7,10-12H2,1-5H3. The average molecular weight is 290 g/mol. The largest absolute Gasteiger partial charge is 0.496 e. The minimum absolute atomic E-state index is 0.569. The maximum absolute atomic E-state index is 5.53. The molecule has 1 aromatic carbocycles. The van der Waals surface area contributed by atoms with Crippen LogP contribution in [0.4, 0.5) is 5.69 Å². The highest BCUT2D eigenvalue weighted by Gasteiger charge is 2.19. The molecule has 3 nitrogen and oxygen atoms in total. The first-order chi connectivity index (χ1) is 10.0. The fraction of sp³-hybridized carbons (Fsp3) is 0.667. The molecule has 1 aromatic rings. The highest BCUT2D eigenvalue weighted by Crippen LogP contribution is 2.30. The van der Waals surface area contributed by atoms with E-state index in [0.29, 0.717) is 12.1 Å². The Labute approximate surface area is 129 Å². The smallest absolute Gasteiger partial charge is 0.126 e. The van der Waals surface area contributed by atoms with Crippen LogP contribution in [0.3, 0.4) is 0 Å². The number of rotatable bonds is 4. The first-order valence-corrected chi connectivity index (χ1v) is 8.17. The summed E-state index contributed by atoms with van der Waals surface area (Å²) in [7, 11) is 1.76. The van der Waals surface area contributed by atoms with Gasteiger partial charge in [-0.1, -0.05) is 6.07 Å². The molecule has 1 heterocycles. The van der Waals surface area contributed by atoms with E-state index in [4.69, 9.17) is 4.74 Å². The number of likely N-dealkylation sites (tertiary alicyclic amines) is 1. The van der Waals surface area contributed by atoms with Crippen LogP contribution in [0.15, 0.2) is 12.1 Å². The van der Waals surface area contributed by atoms with Crippen LogP contribution in [-0.2, 0) is 0 Å². The summed E-state index contributed by atoms with van der Waals surface area (Å²) in [4.78, 5) is 2.59. The number of anilines is 1. The van der Waals surface area contributed by atoms with E-state index in [2.05, 4.69) is 50.0 Å². The molecule has 21 heavy (non-hydrogen) atoms. The second kappa shape index (κ2) is 7.17. The van der Waals surface area contributed by atoms with Crippen LogP contribution in [-0.4, -0.2) is 37.2 Å². The number of hydrogen-bond donors (Lipinski definition) is 1. The topological polar surface area (TPSA) is 24.5 Å². The Morgan fingerprint density at radius 1 is 1.19 bits per heavy atom. The van der Waals surface area contributed by atoms with E-state index < -0.39 is 0 Å². The molecule has 0 amide bonds. The van der Waals surface area contributed by atoms with Gasteiger partial charge in [-0.2, -0.15) is 0 Å². The van der Waals surface area contributed by atoms with Gasteiger partial charge in [0.25, 0.3) is 0 Å². The summed E-state index contributed by atoms with van der Waals surface area (Å²) < 4.78 is 5.53. The molecular formula is C18H30N2O. The van der Waals surface area contributed by atoms with Crippen molar-refractivity contribution in [1.29, 1.82) is 0 Å². The summed E-state index contributed by atoms with van der Waals surface area (Å²) in [5, 5.41) is 3.74. The Bertz CT molecular complexity index is 471. The number of benzene rings is 1. The lowest BCUT2D eigenvalue weighted by Gasteiger charge is -2.25. The van der Waals surface area contributed by atoms with Crippen molar-refractivity contribution in [2.45, 2.75) is 59.0 Å². The molecule has 3 heteroatoms. The van der Waals surface area contributed by atoms with E-state index in [0.717, 1.165) is 5.75 Å². The number of nitrogens with one attached hydrogen (secondary N) is 1. The van der Waals surface area contributed by atoms with Gasteiger partial charge in [-0.25, -0.2) is 0 Å². The second-order valence-corrected chi connectivity index (χ2v) is 6.49. The van der Waals surface area contributed by atoms with E-state index in [1.807, 2.05) is 0 Å². The van der Waals surface area contributed by atoms with Crippen molar-refractivity contribution in [3.05, 3.63) is 23.3 Å². The molecule has 118 valence electrons. The average Bonchev–Trinajstić information content (AvgIpc) is 2.68. The van der Waals surface area contributed by atoms with Crippen LogP contribution in [0, 0.1) is 13.8 Å². The predicted octanol–water partition coefficient (Wildman–Crippen LogP) is 3.99. The molecule has 0 spiro atoms. The molecule has 1 aliphatic heterocycles. The normalized spacial score (nSPS) is 20.4. The highest BCUT2D eigenvalue weighted by atomic mass is 16.5. The van der Waals surface area contributed by atoms with Crippen LogP contribution >= 0.6 is 0 Å². The molecule has 1 aliphatic rings. The van der Waals surface area contributed by atoms with Crippen LogP contribution in [0.25, 0.3) is 0 Å². The summed E-state index contributed by atoms with van der Waals surface area (Å²) in [5.74, 6) is 1.01. The van der Waals surface area contributed by atoms with E-state index >= 15 is 0 Å². The van der Waals surface area contributed by atoms with Crippen LogP contribution in [0.5, 0.6) is 5.75 Å². The van der Waals surface area contributed by atoms with Gasteiger partial charge in [-0.05, 0) is 65.1 Å². The third-order valence-electron chi connectivity index (χ3n) is 4.66. The van der Waals surface area contributed by atoms with Gasteiger partial charge in [0.1, 0.15) is 5.75 Å². The Morgan fingerprint density at radius 2 is 1.95 bits per heavy atom. The summed E-state index contributed by atoms with van der Waals surface area (Å²) in [6.07, 6.45) is 3.74. The Kier molecular flexibility index (Phi) is 5.51. The molecule has 0 radical (unpaired) electrons. The Balaban J connectivity index is 2.05. The van der Waals surface area contributed by atoms with Gasteiger partial charge in [-0.3, -0.25) is 0 Å². The zero-order valence-electron chi connectivity index (χ0n) is 14.2. The summed E-state index contributed by atoms with van der Waals surface area (Å²) >= 11 is 0. The molecule has 1 N–H and O–H groups in total. The molecule has 1 saturated heterocycles. The Hall–Kier alpha value is -1.22. The first kappa shape index (κ1) is 16.2. The van der Waals surface area contributed by atoms with Crippen molar-refractivity contribution in [3.63, 3.8) is 0 Å². The molecule has 0 bridgehead atoms. The predicted molar refractivity (Wildman–Crippen MR) is 90.4 cm³/mol. The first-order valence-electron chi connectivity index (χ1n) is 8.17. The van der Waals surface area contributed by atoms with Crippen molar-refractivity contribution in [2.75, 3.05) is 25.5 Å². The lowest BCUT2D eigenvalue weighted by atomic mass is 10.1. The van der Waals surface area contributed by atoms with Crippen molar-refractivity contribution >= 4 is 5.69 Å². The number of nitrogens with zero attached hydrogens (tertiary/aromatic N) is 1. The SMILES string of the molecule is COc1c(C)ccc(NC2CCCN(C(C)C)CC2)c1C. The van der Waals surface area contributed by atoms with Crippen LogP contribution in [0.2, 0.25) is 0 Å². The lowest BCUT2D eigenvalue weighted by molar-refractivity contribution is 0.230. The molecule has 0 aliphatic carbocycles. The lowest BCUT2D eigenvalue weighted by Crippen LogP contribution is -2.32. The number of ether oxygens (including phenoxy) is 1. The summed E-state index contributed by atoms with van der Waals surface area (Å²) in [5.41, 5.74) is 3.65. The van der Waals surface area contributed by atoms with Gasteiger partial charge in [-0.15, -0.1) is 0 Å². The third kappa shape index (κ3) is 3.91. The number of methoxy groups -OCH3 is 1. The molecule has 1 fully saturated rings. The molecule has 0 saturated carbocycles. The van der Waals surface area contributed by atoms with E-state index in [-0.39, 0.29) is 0 Å². The van der Waals surface area contributed by atoms with Crippen molar-refractivity contribution < 1.29 is 4.74 Å². The maximum Gasteiger partial charge on any atom is 0.126 e. The quantitative estimate of drug-likeness (QED) is 0.907. The molecular weight excluding hydrogens is 260 g/mol. The monoisotopic (exact) mass is 290 g/mol. The number of hydrogen-bond acceptors (Lipinski definition) is 3. The fourth-order valence-electron chi connectivity index (χ4n) is 3.30.